The zero-order valence-electron chi connectivity index (χ0n) is 17.4. The van der Waals surface area contributed by atoms with Gasteiger partial charge in [-0.15, -0.1) is 0 Å². The molecule has 0 saturated carbocycles. The summed E-state index contributed by atoms with van der Waals surface area (Å²) in [4.78, 5) is 2.47. The van der Waals surface area contributed by atoms with Crippen LogP contribution in [0.1, 0.15) is 13.8 Å². The molecule has 1 saturated heterocycles. The Morgan fingerprint density at radius 2 is 1.67 bits per heavy atom. The Labute approximate surface area is 177 Å². The number of methoxy groups -OCH3 is 1. The number of piperazine rings is 1. The summed E-state index contributed by atoms with van der Waals surface area (Å²) in [5, 5.41) is 5.40. The molecule has 2 unspecified atom stereocenters. The lowest BCUT2D eigenvalue weighted by Crippen LogP contribution is -2.54. The van der Waals surface area contributed by atoms with Crippen LogP contribution >= 0.6 is 0 Å². The van der Waals surface area contributed by atoms with Crippen LogP contribution in [0, 0.1) is 0 Å². The molecular weight excluding hydrogens is 398 g/mol. The summed E-state index contributed by atoms with van der Waals surface area (Å²) < 4.78 is 34.3. The second kappa shape index (κ2) is 8.16. The summed E-state index contributed by atoms with van der Waals surface area (Å²) in [6.07, 6.45) is 0. The van der Waals surface area contributed by atoms with Crippen LogP contribution in [0.4, 0.5) is 11.4 Å². The third-order valence-electron chi connectivity index (χ3n) is 5.36. The fraction of sp³-hybridized carbons (Fsp3) is 0.304. The second-order valence-corrected chi connectivity index (χ2v) is 9.56. The molecule has 1 aliphatic heterocycles. The third kappa shape index (κ3) is 4.22. The quantitative estimate of drug-likeness (QED) is 0.650. The summed E-state index contributed by atoms with van der Waals surface area (Å²) in [5.74, 6) is 0.727. The van der Waals surface area contributed by atoms with E-state index in [4.69, 9.17) is 4.74 Å². The number of hydrogen-bond donors (Lipinski definition) is 2. The van der Waals surface area contributed by atoms with Gasteiger partial charge in [0.25, 0.3) is 10.0 Å². The van der Waals surface area contributed by atoms with Crippen molar-refractivity contribution in [1.29, 1.82) is 0 Å². The lowest BCUT2D eigenvalue weighted by molar-refractivity contribution is 0.391. The summed E-state index contributed by atoms with van der Waals surface area (Å²) >= 11 is 0. The zero-order chi connectivity index (χ0) is 21.3. The number of sulfonamides is 1. The molecule has 1 fully saturated rings. The number of hydrogen-bond acceptors (Lipinski definition) is 5. The molecule has 0 radical (unpaired) electrons. The fourth-order valence-corrected chi connectivity index (χ4v) is 5.16. The van der Waals surface area contributed by atoms with E-state index < -0.39 is 10.0 Å². The zero-order valence-corrected chi connectivity index (χ0v) is 18.2. The number of ether oxygens (including phenoxy) is 1. The highest BCUT2D eigenvalue weighted by molar-refractivity contribution is 7.92. The van der Waals surface area contributed by atoms with Crippen molar-refractivity contribution in [3.05, 3.63) is 60.7 Å². The van der Waals surface area contributed by atoms with Crippen molar-refractivity contribution in [3.63, 3.8) is 0 Å². The molecule has 0 aromatic heterocycles. The Morgan fingerprint density at radius 1 is 0.967 bits per heavy atom. The fourth-order valence-electron chi connectivity index (χ4n) is 4.07. The van der Waals surface area contributed by atoms with E-state index in [9.17, 15) is 8.42 Å². The van der Waals surface area contributed by atoms with E-state index in [0.717, 1.165) is 35.3 Å². The number of nitrogens with zero attached hydrogens (tertiary/aromatic N) is 1. The Bertz CT molecular complexity index is 1150. The molecule has 0 amide bonds. The van der Waals surface area contributed by atoms with Crippen molar-refractivity contribution >= 4 is 32.2 Å². The van der Waals surface area contributed by atoms with Crippen molar-refractivity contribution in [1.82, 2.24) is 5.32 Å². The lowest BCUT2D eigenvalue weighted by atomic mass is 10.1. The van der Waals surface area contributed by atoms with Crippen LogP contribution in [-0.2, 0) is 10.0 Å². The topological polar surface area (TPSA) is 70.7 Å². The summed E-state index contributed by atoms with van der Waals surface area (Å²) in [5.41, 5.74) is 1.40. The first kappa shape index (κ1) is 20.5. The molecule has 1 heterocycles. The molecule has 0 aliphatic carbocycles. The van der Waals surface area contributed by atoms with Crippen molar-refractivity contribution in [2.75, 3.05) is 29.8 Å². The average molecular weight is 426 g/mol. The van der Waals surface area contributed by atoms with Crippen LogP contribution in [0.5, 0.6) is 5.75 Å². The smallest absolute Gasteiger partial charge is 0.261 e. The second-order valence-electron chi connectivity index (χ2n) is 7.87. The van der Waals surface area contributed by atoms with E-state index in [1.165, 1.54) is 0 Å². The van der Waals surface area contributed by atoms with Crippen LogP contribution in [-0.4, -0.2) is 40.7 Å². The van der Waals surface area contributed by atoms with Crippen LogP contribution in [0.3, 0.4) is 0 Å². The van der Waals surface area contributed by atoms with E-state index in [-0.39, 0.29) is 4.90 Å². The Morgan fingerprint density at radius 3 is 2.37 bits per heavy atom. The monoisotopic (exact) mass is 425 g/mol. The van der Waals surface area contributed by atoms with E-state index in [2.05, 4.69) is 28.8 Å². The van der Waals surface area contributed by atoms with Gasteiger partial charge < -0.3 is 15.0 Å². The first-order chi connectivity index (χ1) is 14.4. The van der Waals surface area contributed by atoms with Gasteiger partial charge in [0.1, 0.15) is 5.75 Å². The number of anilines is 2. The van der Waals surface area contributed by atoms with Gasteiger partial charge in [-0.1, -0.05) is 30.3 Å². The predicted octanol–water partition coefficient (Wildman–Crippen LogP) is 3.84. The van der Waals surface area contributed by atoms with E-state index >= 15 is 0 Å². The van der Waals surface area contributed by atoms with Gasteiger partial charge in [0.15, 0.2) is 0 Å². The maximum absolute atomic E-state index is 13.0. The van der Waals surface area contributed by atoms with Gasteiger partial charge in [0.2, 0.25) is 0 Å². The largest absolute Gasteiger partial charge is 0.495 e. The minimum atomic E-state index is -3.72. The Kier molecular flexibility index (Phi) is 5.58. The molecule has 30 heavy (non-hydrogen) atoms. The summed E-state index contributed by atoms with van der Waals surface area (Å²) in [6.45, 7) is 5.92. The Hall–Kier alpha value is -2.77. The first-order valence-electron chi connectivity index (χ1n) is 10.1. The van der Waals surface area contributed by atoms with Crippen LogP contribution in [0.15, 0.2) is 65.6 Å². The van der Waals surface area contributed by atoms with Crippen molar-refractivity contribution in [2.24, 2.45) is 0 Å². The molecule has 0 bridgehead atoms. The number of fused-ring (bicyclic) bond motifs is 1. The molecule has 2 N–H and O–H groups in total. The van der Waals surface area contributed by atoms with E-state index in [0.29, 0.717) is 17.8 Å². The SMILES string of the molecule is COc1ccc(NS(=O)(=O)c2ccc3ccccc3c2)cc1N1CC(C)NC(C)C1. The van der Waals surface area contributed by atoms with Gasteiger partial charge in [0.05, 0.1) is 23.4 Å². The highest BCUT2D eigenvalue weighted by atomic mass is 32.2. The average Bonchev–Trinajstić information content (AvgIpc) is 2.72. The molecule has 158 valence electrons. The van der Waals surface area contributed by atoms with Crippen LogP contribution in [0.2, 0.25) is 0 Å². The number of benzene rings is 3. The van der Waals surface area contributed by atoms with Gasteiger partial charge in [-0.3, -0.25) is 4.72 Å². The van der Waals surface area contributed by atoms with Gasteiger partial charge >= 0.3 is 0 Å². The minimum absolute atomic E-state index is 0.239. The van der Waals surface area contributed by atoms with E-state index in [1.54, 1.807) is 25.3 Å². The maximum Gasteiger partial charge on any atom is 0.261 e. The van der Waals surface area contributed by atoms with E-state index in [1.807, 2.05) is 42.5 Å². The molecule has 0 spiro atoms. The third-order valence-corrected chi connectivity index (χ3v) is 6.74. The lowest BCUT2D eigenvalue weighted by Gasteiger charge is -2.38. The number of rotatable bonds is 5. The molecule has 6 nitrogen and oxygen atoms in total. The molecule has 3 aromatic carbocycles. The molecular formula is C23H27N3O3S. The van der Waals surface area contributed by atoms with Crippen molar-refractivity contribution in [2.45, 2.75) is 30.8 Å². The predicted molar refractivity (Wildman–Crippen MR) is 122 cm³/mol. The summed E-state index contributed by atoms with van der Waals surface area (Å²) in [7, 11) is -2.08. The van der Waals surface area contributed by atoms with Crippen LogP contribution < -0.4 is 19.7 Å². The van der Waals surface area contributed by atoms with Gasteiger partial charge in [-0.2, -0.15) is 0 Å². The highest BCUT2D eigenvalue weighted by Crippen LogP contribution is 2.33. The molecule has 1 aliphatic rings. The first-order valence-corrected chi connectivity index (χ1v) is 11.5. The normalized spacial score (nSPS) is 19.6. The van der Waals surface area contributed by atoms with Crippen molar-refractivity contribution in [3.8, 4) is 5.75 Å². The summed E-state index contributed by atoms with van der Waals surface area (Å²) in [6, 6.07) is 18.9. The molecule has 2 atom stereocenters. The Balaban J connectivity index is 1.65. The highest BCUT2D eigenvalue weighted by Gasteiger charge is 2.24. The molecule has 7 heteroatoms. The molecule has 3 aromatic rings. The number of nitrogens with one attached hydrogen (secondary N) is 2. The van der Waals surface area contributed by atoms with Gasteiger partial charge in [0, 0.05) is 25.2 Å². The molecule has 4 rings (SSSR count). The van der Waals surface area contributed by atoms with Gasteiger partial charge in [-0.25, -0.2) is 8.42 Å². The maximum atomic E-state index is 13.0. The van der Waals surface area contributed by atoms with Crippen molar-refractivity contribution < 1.29 is 13.2 Å². The van der Waals surface area contributed by atoms with Crippen LogP contribution in [0.25, 0.3) is 10.8 Å². The minimum Gasteiger partial charge on any atom is -0.495 e. The van der Waals surface area contributed by atoms with Gasteiger partial charge in [-0.05, 0) is 55.0 Å². The standard InChI is InChI=1S/C23H27N3O3S/c1-16-14-26(15-17(2)24-16)22-13-20(9-11-23(22)29-3)25-30(27,28)21-10-8-18-6-4-5-7-19(18)12-21/h4-13,16-17,24-25H,14-15H2,1-3H3.